The normalized spacial score (nSPS) is 16.4. The average molecular weight is 343 g/mol. The number of hydrogen-bond acceptors (Lipinski definition) is 5. The zero-order chi connectivity index (χ0) is 14.4. The largest absolute Gasteiger partial charge is 0.384 e. The lowest BCUT2D eigenvalue weighted by molar-refractivity contribution is 0.139. The Labute approximate surface area is 129 Å². The van der Waals surface area contributed by atoms with Crippen molar-refractivity contribution < 1.29 is 4.74 Å². The summed E-state index contributed by atoms with van der Waals surface area (Å²) in [5.74, 6) is 2.38. The third-order valence-corrected chi connectivity index (χ3v) is 4.13. The second-order valence-corrected chi connectivity index (χ2v) is 6.03. The zero-order valence-electron chi connectivity index (χ0n) is 12.2. The van der Waals surface area contributed by atoms with E-state index in [9.17, 15) is 0 Å². The number of ether oxygens (including phenoxy) is 1. The topological polar surface area (TPSA) is 50.3 Å². The molecule has 1 aromatic rings. The van der Waals surface area contributed by atoms with E-state index in [4.69, 9.17) is 4.74 Å². The maximum Gasteiger partial charge on any atom is 0.224 e. The van der Waals surface area contributed by atoms with Crippen molar-refractivity contribution in [2.75, 3.05) is 43.6 Å². The van der Waals surface area contributed by atoms with Crippen LogP contribution in [0.2, 0.25) is 0 Å². The van der Waals surface area contributed by atoms with Crippen LogP contribution in [0.4, 0.5) is 11.8 Å². The molecule has 1 aliphatic rings. The Morgan fingerprint density at radius 3 is 2.85 bits per heavy atom. The first kappa shape index (κ1) is 15.5. The van der Waals surface area contributed by atoms with Crippen molar-refractivity contribution in [2.45, 2.75) is 26.2 Å². The van der Waals surface area contributed by atoms with Gasteiger partial charge in [0, 0.05) is 39.5 Å². The molecule has 1 fully saturated rings. The van der Waals surface area contributed by atoms with E-state index < -0.39 is 0 Å². The SMILES string of the molecule is CCCNc1ncc(Br)c(N2CCC(COC)CC2)n1. The van der Waals surface area contributed by atoms with Crippen molar-refractivity contribution in [2.24, 2.45) is 5.92 Å². The van der Waals surface area contributed by atoms with Crippen molar-refractivity contribution >= 4 is 27.7 Å². The maximum atomic E-state index is 5.25. The molecule has 0 amide bonds. The third kappa shape index (κ3) is 4.06. The van der Waals surface area contributed by atoms with Gasteiger partial charge in [0.15, 0.2) is 0 Å². The average Bonchev–Trinajstić information content (AvgIpc) is 2.48. The number of nitrogens with zero attached hydrogens (tertiary/aromatic N) is 3. The summed E-state index contributed by atoms with van der Waals surface area (Å²) < 4.78 is 6.21. The highest BCUT2D eigenvalue weighted by Gasteiger charge is 2.22. The van der Waals surface area contributed by atoms with E-state index in [-0.39, 0.29) is 0 Å². The maximum absolute atomic E-state index is 5.25. The van der Waals surface area contributed by atoms with Gasteiger partial charge >= 0.3 is 0 Å². The highest BCUT2D eigenvalue weighted by Crippen LogP contribution is 2.28. The molecule has 0 saturated carbocycles. The van der Waals surface area contributed by atoms with Crippen LogP contribution in [0.1, 0.15) is 26.2 Å². The molecule has 1 saturated heterocycles. The van der Waals surface area contributed by atoms with Crippen LogP contribution in [0.15, 0.2) is 10.7 Å². The molecule has 0 unspecified atom stereocenters. The number of piperidine rings is 1. The lowest BCUT2D eigenvalue weighted by atomic mass is 9.98. The Morgan fingerprint density at radius 2 is 2.20 bits per heavy atom. The van der Waals surface area contributed by atoms with Gasteiger partial charge in [0.1, 0.15) is 5.82 Å². The Kier molecular flexibility index (Phi) is 6.04. The van der Waals surface area contributed by atoms with Crippen LogP contribution in [-0.4, -0.2) is 43.3 Å². The van der Waals surface area contributed by atoms with Crippen LogP contribution in [0.3, 0.4) is 0 Å². The highest BCUT2D eigenvalue weighted by molar-refractivity contribution is 9.10. The molecule has 0 atom stereocenters. The van der Waals surface area contributed by atoms with E-state index in [1.165, 1.54) is 0 Å². The second-order valence-electron chi connectivity index (χ2n) is 5.18. The standard InChI is InChI=1S/C14H23BrN4O/c1-3-6-16-14-17-9-12(15)13(18-14)19-7-4-11(5-8-19)10-20-2/h9,11H,3-8,10H2,1-2H3,(H,16,17,18). The minimum Gasteiger partial charge on any atom is -0.384 e. The van der Waals surface area contributed by atoms with Gasteiger partial charge in [-0.15, -0.1) is 0 Å². The van der Waals surface area contributed by atoms with Crippen molar-refractivity contribution in [1.29, 1.82) is 0 Å². The molecule has 20 heavy (non-hydrogen) atoms. The van der Waals surface area contributed by atoms with E-state index in [1.807, 2.05) is 6.20 Å². The Balaban J connectivity index is 2.01. The summed E-state index contributed by atoms with van der Waals surface area (Å²) in [5.41, 5.74) is 0. The molecule has 0 spiro atoms. The van der Waals surface area contributed by atoms with Crippen LogP contribution in [0.5, 0.6) is 0 Å². The second kappa shape index (κ2) is 7.78. The number of hydrogen-bond donors (Lipinski definition) is 1. The Morgan fingerprint density at radius 1 is 1.45 bits per heavy atom. The zero-order valence-corrected chi connectivity index (χ0v) is 13.8. The van der Waals surface area contributed by atoms with E-state index in [2.05, 4.69) is 43.0 Å². The highest BCUT2D eigenvalue weighted by atomic mass is 79.9. The molecule has 0 radical (unpaired) electrons. The quantitative estimate of drug-likeness (QED) is 0.861. The van der Waals surface area contributed by atoms with Crippen molar-refractivity contribution in [3.05, 3.63) is 10.7 Å². The van der Waals surface area contributed by atoms with Gasteiger partial charge in [0.25, 0.3) is 0 Å². The number of halogens is 1. The van der Waals surface area contributed by atoms with Gasteiger partial charge in [-0.25, -0.2) is 4.98 Å². The third-order valence-electron chi connectivity index (χ3n) is 3.58. The van der Waals surface area contributed by atoms with Crippen molar-refractivity contribution in [1.82, 2.24) is 9.97 Å². The van der Waals surface area contributed by atoms with Crippen molar-refractivity contribution in [3.8, 4) is 0 Å². The molecule has 0 bridgehead atoms. The molecule has 1 N–H and O–H groups in total. The number of rotatable bonds is 6. The van der Waals surface area contributed by atoms with E-state index in [1.54, 1.807) is 7.11 Å². The number of methoxy groups -OCH3 is 1. The lowest BCUT2D eigenvalue weighted by Gasteiger charge is -2.33. The molecular weight excluding hydrogens is 320 g/mol. The van der Waals surface area contributed by atoms with Gasteiger partial charge in [-0.05, 0) is 41.1 Å². The monoisotopic (exact) mass is 342 g/mol. The van der Waals surface area contributed by atoms with E-state index >= 15 is 0 Å². The summed E-state index contributed by atoms with van der Waals surface area (Å²) in [4.78, 5) is 11.3. The van der Waals surface area contributed by atoms with Crippen LogP contribution < -0.4 is 10.2 Å². The van der Waals surface area contributed by atoms with Crippen LogP contribution in [0, 0.1) is 5.92 Å². The molecule has 2 heterocycles. The van der Waals surface area contributed by atoms with Gasteiger partial charge in [-0.3, -0.25) is 0 Å². The van der Waals surface area contributed by atoms with Crippen LogP contribution in [0.25, 0.3) is 0 Å². The Bertz CT molecular complexity index is 422. The molecule has 0 aliphatic carbocycles. The minimum atomic E-state index is 0.676. The molecule has 1 aliphatic heterocycles. The summed E-state index contributed by atoms with van der Waals surface area (Å²) in [6, 6.07) is 0. The molecule has 112 valence electrons. The molecule has 0 aromatic carbocycles. The van der Waals surface area contributed by atoms with Crippen molar-refractivity contribution in [3.63, 3.8) is 0 Å². The van der Waals surface area contributed by atoms with E-state index in [0.717, 1.165) is 55.8 Å². The van der Waals surface area contributed by atoms with Gasteiger partial charge in [0.05, 0.1) is 4.47 Å². The summed E-state index contributed by atoms with van der Waals surface area (Å²) in [7, 11) is 1.78. The van der Waals surface area contributed by atoms with Gasteiger partial charge in [-0.2, -0.15) is 4.98 Å². The van der Waals surface area contributed by atoms with Gasteiger partial charge < -0.3 is 15.0 Å². The fraction of sp³-hybridized carbons (Fsp3) is 0.714. The summed E-state index contributed by atoms with van der Waals surface area (Å²) >= 11 is 3.56. The summed E-state index contributed by atoms with van der Waals surface area (Å²) in [6.07, 6.45) is 5.21. The predicted molar refractivity (Wildman–Crippen MR) is 85.3 cm³/mol. The molecular formula is C14H23BrN4O. The fourth-order valence-electron chi connectivity index (χ4n) is 2.45. The van der Waals surface area contributed by atoms with E-state index in [0.29, 0.717) is 11.9 Å². The number of nitrogens with one attached hydrogen (secondary N) is 1. The van der Waals surface area contributed by atoms with Gasteiger partial charge in [-0.1, -0.05) is 6.92 Å². The molecule has 5 nitrogen and oxygen atoms in total. The lowest BCUT2D eigenvalue weighted by Crippen LogP contribution is -2.35. The number of aromatic nitrogens is 2. The molecule has 2 rings (SSSR count). The van der Waals surface area contributed by atoms with Gasteiger partial charge in [0.2, 0.25) is 5.95 Å². The minimum absolute atomic E-state index is 0.676. The molecule has 1 aromatic heterocycles. The van der Waals surface area contributed by atoms with Crippen LogP contribution >= 0.6 is 15.9 Å². The predicted octanol–water partition coefficient (Wildman–Crippen LogP) is 2.92. The smallest absolute Gasteiger partial charge is 0.224 e. The molecule has 6 heteroatoms. The Hall–Kier alpha value is -0.880. The fourth-order valence-corrected chi connectivity index (χ4v) is 2.89. The first-order valence-corrected chi connectivity index (χ1v) is 8.04. The summed E-state index contributed by atoms with van der Waals surface area (Å²) in [6.45, 7) is 5.94. The number of anilines is 2. The first-order valence-electron chi connectivity index (χ1n) is 7.25. The summed E-state index contributed by atoms with van der Waals surface area (Å²) in [5, 5.41) is 3.24. The van der Waals surface area contributed by atoms with Crippen LogP contribution in [-0.2, 0) is 4.74 Å². The first-order chi connectivity index (χ1) is 9.74.